The second-order valence-corrected chi connectivity index (χ2v) is 16.6. The van der Waals surface area contributed by atoms with Crippen molar-refractivity contribution in [3.8, 4) is 0 Å². The molecular weight excluding hydrogens is 693 g/mol. The van der Waals surface area contributed by atoms with Crippen LogP contribution in [0.2, 0.25) is 0 Å². The smallest absolute Gasteiger partial charge is 0.307 e. The van der Waals surface area contributed by atoms with Crippen LogP contribution in [0.25, 0.3) is 0 Å². The zero-order chi connectivity index (χ0) is 39.1. The Labute approximate surface area is 326 Å². The van der Waals surface area contributed by atoms with Crippen LogP contribution in [0.1, 0.15) is 69.3 Å². The molecule has 0 aliphatic carbocycles. The largest absolute Gasteiger partial charge is 0.481 e. The van der Waals surface area contributed by atoms with E-state index in [-0.39, 0.29) is 17.8 Å². The van der Waals surface area contributed by atoms with Gasteiger partial charge in [0.05, 0.1) is 17.8 Å². The van der Waals surface area contributed by atoms with Gasteiger partial charge < -0.3 is 31.3 Å². The number of carboxylic acid groups (broad SMARTS) is 3. The lowest BCUT2D eigenvalue weighted by Gasteiger charge is -2.27. The number of hydrogen-bond donors (Lipinski definition) is 6. The van der Waals surface area contributed by atoms with E-state index in [4.69, 9.17) is 0 Å². The molecule has 0 saturated carbocycles. The lowest BCUT2D eigenvalue weighted by Crippen LogP contribution is -2.28. The summed E-state index contributed by atoms with van der Waals surface area (Å²) >= 11 is 0. The summed E-state index contributed by atoms with van der Waals surface area (Å²) < 4.78 is 0. The Morgan fingerprint density at radius 3 is 1.07 bits per heavy atom. The van der Waals surface area contributed by atoms with E-state index >= 15 is 0 Å². The van der Waals surface area contributed by atoms with Crippen LogP contribution in [-0.2, 0) is 53.3 Å². The van der Waals surface area contributed by atoms with Crippen LogP contribution in [-0.4, -0.2) is 77.4 Å². The van der Waals surface area contributed by atoms with Gasteiger partial charge in [0.25, 0.3) is 0 Å². The molecule has 0 aromatic heterocycles. The number of nitrogens with zero attached hydrogens (tertiary/aromatic N) is 1. The molecule has 3 heterocycles. The Balaban J connectivity index is 1.29. The molecule has 3 aliphatic heterocycles. The van der Waals surface area contributed by atoms with Crippen LogP contribution in [0.5, 0.6) is 0 Å². The van der Waals surface area contributed by atoms with Crippen LogP contribution in [0.3, 0.4) is 0 Å². The highest BCUT2D eigenvalue weighted by Gasteiger charge is 2.33. The molecule has 6 rings (SSSR count). The topological polar surface area (TPSA) is 151 Å². The van der Waals surface area contributed by atoms with Crippen molar-refractivity contribution < 1.29 is 29.7 Å². The van der Waals surface area contributed by atoms with Crippen LogP contribution in [0.4, 0.5) is 0 Å². The van der Waals surface area contributed by atoms with Crippen LogP contribution in [0, 0.1) is 56.3 Å². The molecule has 296 valence electrons. The summed E-state index contributed by atoms with van der Waals surface area (Å²) in [7, 11) is 0. The average Bonchev–Trinajstić information content (AvgIpc) is 3.97. The zero-order valence-electron chi connectivity index (χ0n) is 32.8. The molecule has 6 atom stereocenters. The summed E-state index contributed by atoms with van der Waals surface area (Å²) in [6.07, 6.45) is 4.07. The molecule has 3 fully saturated rings. The quantitative estimate of drug-likeness (QED) is 0.100. The molecule has 3 aromatic rings. The Bertz CT molecular complexity index is 1600. The van der Waals surface area contributed by atoms with Gasteiger partial charge in [-0.2, -0.15) is 0 Å². The molecule has 0 radical (unpaired) electrons. The summed E-state index contributed by atoms with van der Waals surface area (Å²) in [6.45, 7) is 13.0. The van der Waals surface area contributed by atoms with E-state index in [9.17, 15) is 29.7 Å². The summed E-state index contributed by atoms with van der Waals surface area (Å²) in [6, 6.07) is 19.1. The summed E-state index contributed by atoms with van der Waals surface area (Å²) in [4.78, 5) is 39.6. The molecule has 3 saturated heterocycles. The molecule has 10 heteroatoms. The van der Waals surface area contributed by atoms with Gasteiger partial charge >= 0.3 is 17.9 Å². The van der Waals surface area contributed by atoms with Crippen molar-refractivity contribution in [2.24, 2.45) is 35.5 Å². The number of aliphatic carboxylic acids is 3. The molecule has 10 nitrogen and oxygen atoms in total. The highest BCUT2D eigenvalue weighted by Crippen LogP contribution is 2.30. The minimum atomic E-state index is -0.744. The number of carbonyl (C=O) groups is 3. The number of benzene rings is 3. The molecule has 55 heavy (non-hydrogen) atoms. The van der Waals surface area contributed by atoms with Crippen molar-refractivity contribution in [2.45, 2.75) is 78.9 Å². The monoisotopic (exact) mass is 752 g/mol. The first-order valence-corrected chi connectivity index (χ1v) is 20.2. The Morgan fingerprint density at radius 1 is 0.545 bits per heavy atom. The molecule has 0 spiro atoms. The molecule has 0 amide bonds. The molecule has 0 unspecified atom stereocenters. The number of carboxylic acids is 3. The predicted molar refractivity (Wildman–Crippen MR) is 214 cm³/mol. The van der Waals surface area contributed by atoms with E-state index in [1.54, 1.807) is 0 Å². The van der Waals surface area contributed by atoms with Crippen molar-refractivity contribution in [1.82, 2.24) is 20.9 Å². The standard InChI is InChI=1S/C45H60N4O6/c1-28-4-7-31(19-40(43(50)51)34-10-13-46-22-34)16-37(28)25-49(26-38-17-32(8-5-29(38)2)20-41(44(52)53)35-11-14-47-23-35)27-39-18-33(9-6-30(39)3)21-42(45(54)55)36-12-15-48-24-36/h4-9,16-18,34-36,40-42,46-48H,10-15,19-27H2,1-3H3,(H,50,51)(H,52,53)(H,54,55)/t34-,35-,36-,40-,41-,42-/m0/s1. The van der Waals surface area contributed by atoms with E-state index in [1.807, 2.05) is 0 Å². The fourth-order valence-corrected chi connectivity index (χ4v) is 9.15. The SMILES string of the molecule is Cc1ccc(C[C@H](C(=O)O)[C@H]2CCNC2)cc1CN(Cc1cc(C[C@H](C(=O)O)[C@H]2CCNC2)ccc1C)Cc1cc(C[C@H](C(=O)O)[C@H]2CCNC2)ccc1C. The van der Waals surface area contributed by atoms with Gasteiger partial charge in [0.15, 0.2) is 0 Å². The fraction of sp³-hybridized carbons (Fsp3) is 0.533. The van der Waals surface area contributed by atoms with Gasteiger partial charge in [0.2, 0.25) is 0 Å². The summed E-state index contributed by atoms with van der Waals surface area (Å²) in [5, 5.41) is 40.5. The van der Waals surface area contributed by atoms with E-state index in [1.165, 1.54) is 0 Å². The third kappa shape index (κ3) is 10.6. The predicted octanol–water partition coefficient (Wildman–Crippen LogP) is 5.37. The number of nitrogens with one attached hydrogen (secondary N) is 3. The van der Waals surface area contributed by atoms with Gasteiger partial charge in [-0.3, -0.25) is 19.3 Å². The highest BCUT2D eigenvalue weighted by atomic mass is 16.4. The fourth-order valence-electron chi connectivity index (χ4n) is 9.15. The number of rotatable bonds is 18. The van der Waals surface area contributed by atoms with Crippen molar-refractivity contribution in [1.29, 1.82) is 0 Å². The number of aryl methyl sites for hydroxylation is 3. The van der Waals surface area contributed by atoms with Gasteiger partial charge in [-0.1, -0.05) is 54.6 Å². The number of hydrogen-bond acceptors (Lipinski definition) is 7. The van der Waals surface area contributed by atoms with Crippen molar-refractivity contribution in [2.75, 3.05) is 39.3 Å². The molecule has 3 aliphatic rings. The second kappa shape index (κ2) is 18.7. The maximum Gasteiger partial charge on any atom is 0.307 e. The second-order valence-electron chi connectivity index (χ2n) is 16.6. The van der Waals surface area contributed by atoms with Crippen LogP contribution >= 0.6 is 0 Å². The maximum atomic E-state index is 12.4. The molecule has 6 N–H and O–H groups in total. The normalized spacial score (nSPS) is 21.5. The van der Waals surface area contributed by atoms with Crippen molar-refractivity contribution in [3.05, 3.63) is 105 Å². The van der Waals surface area contributed by atoms with Crippen LogP contribution < -0.4 is 16.0 Å². The molecule has 3 aromatic carbocycles. The Hall–Kier alpha value is -4.09. The minimum Gasteiger partial charge on any atom is -0.481 e. The van der Waals surface area contributed by atoms with E-state index < -0.39 is 35.7 Å². The highest BCUT2D eigenvalue weighted by molar-refractivity contribution is 5.72. The first-order valence-electron chi connectivity index (χ1n) is 20.2. The van der Waals surface area contributed by atoms with Gasteiger partial charge in [-0.05, 0) is 166 Å². The summed E-state index contributed by atoms with van der Waals surface area (Å²) in [5.41, 5.74) is 9.94. The maximum absolute atomic E-state index is 12.4. The average molecular weight is 753 g/mol. The van der Waals surface area contributed by atoms with E-state index in [0.717, 1.165) is 109 Å². The molecule has 0 bridgehead atoms. The third-order valence-corrected chi connectivity index (χ3v) is 12.7. The summed E-state index contributed by atoms with van der Waals surface area (Å²) in [5.74, 6) is -3.22. The lowest BCUT2D eigenvalue weighted by atomic mass is 9.85. The van der Waals surface area contributed by atoms with E-state index in [0.29, 0.717) is 38.9 Å². The third-order valence-electron chi connectivity index (χ3n) is 12.7. The van der Waals surface area contributed by atoms with Crippen LogP contribution in [0.15, 0.2) is 54.6 Å². The van der Waals surface area contributed by atoms with Crippen molar-refractivity contribution in [3.63, 3.8) is 0 Å². The van der Waals surface area contributed by atoms with Gasteiger partial charge in [-0.25, -0.2) is 0 Å². The zero-order valence-corrected chi connectivity index (χ0v) is 32.8. The van der Waals surface area contributed by atoms with Crippen molar-refractivity contribution >= 4 is 17.9 Å². The first kappa shape index (κ1) is 40.6. The minimum absolute atomic E-state index is 0.112. The Kier molecular flexibility index (Phi) is 13.8. The Morgan fingerprint density at radius 2 is 0.836 bits per heavy atom. The van der Waals surface area contributed by atoms with E-state index in [2.05, 4.69) is 96.2 Å². The van der Waals surface area contributed by atoms with Gasteiger partial charge in [-0.15, -0.1) is 0 Å². The van der Waals surface area contributed by atoms with Gasteiger partial charge in [0.1, 0.15) is 0 Å². The van der Waals surface area contributed by atoms with Gasteiger partial charge in [0, 0.05) is 19.6 Å². The first-order chi connectivity index (χ1) is 26.4. The lowest BCUT2D eigenvalue weighted by molar-refractivity contribution is -0.144. The molecular formula is C45H60N4O6.